The number of morpholine rings is 1. The molecule has 2 aliphatic rings. The van der Waals surface area contributed by atoms with E-state index >= 15 is 0 Å². The molecule has 160 valence electrons. The number of rotatable bonds is 8. The van der Waals surface area contributed by atoms with E-state index in [1.165, 1.54) is 0 Å². The third-order valence-corrected chi connectivity index (χ3v) is 5.59. The van der Waals surface area contributed by atoms with Gasteiger partial charge in [0.2, 0.25) is 0 Å². The van der Waals surface area contributed by atoms with Crippen molar-refractivity contribution in [2.75, 3.05) is 46.1 Å². The van der Waals surface area contributed by atoms with Crippen LogP contribution in [0.15, 0.2) is 48.8 Å². The highest BCUT2D eigenvalue weighted by Crippen LogP contribution is 2.21. The van der Waals surface area contributed by atoms with E-state index in [9.17, 15) is 4.79 Å². The van der Waals surface area contributed by atoms with Gasteiger partial charge in [-0.2, -0.15) is 0 Å². The molecule has 0 saturated carbocycles. The van der Waals surface area contributed by atoms with E-state index < -0.39 is 0 Å². The zero-order valence-corrected chi connectivity index (χ0v) is 17.2. The van der Waals surface area contributed by atoms with Crippen LogP contribution in [0.25, 0.3) is 0 Å². The monoisotopic (exact) mass is 411 g/mol. The smallest absolute Gasteiger partial charge is 0.251 e. The first-order valence-corrected chi connectivity index (χ1v) is 10.6. The van der Waals surface area contributed by atoms with Gasteiger partial charge in [-0.25, -0.2) is 0 Å². The van der Waals surface area contributed by atoms with E-state index in [-0.39, 0.29) is 18.1 Å². The Morgan fingerprint density at radius 3 is 2.73 bits per heavy atom. The van der Waals surface area contributed by atoms with Crippen molar-refractivity contribution in [3.05, 3.63) is 59.9 Å². The second kappa shape index (κ2) is 10.5. The highest BCUT2D eigenvalue weighted by atomic mass is 16.5. The molecule has 4 rings (SSSR count). The van der Waals surface area contributed by atoms with E-state index in [0.717, 1.165) is 43.9 Å². The lowest BCUT2D eigenvalue weighted by molar-refractivity contribution is 0.0161. The number of ether oxygens (including phenoxy) is 3. The maximum absolute atomic E-state index is 12.7. The summed E-state index contributed by atoms with van der Waals surface area (Å²) in [4.78, 5) is 19.3. The molecule has 0 unspecified atom stereocenters. The number of carbonyl (C=O) groups excluding carboxylic acids is 1. The van der Waals surface area contributed by atoms with Crippen molar-refractivity contribution in [3.63, 3.8) is 0 Å². The van der Waals surface area contributed by atoms with Crippen molar-refractivity contribution in [2.45, 2.75) is 25.0 Å². The van der Waals surface area contributed by atoms with Gasteiger partial charge in [0.15, 0.2) is 0 Å². The summed E-state index contributed by atoms with van der Waals surface area (Å²) in [5, 5.41) is 3.08. The largest absolute Gasteiger partial charge is 0.491 e. The first kappa shape index (κ1) is 20.8. The molecule has 7 nitrogen and oxygen atoms in total. The van der Waals surface area contributed by atoms with Gasteiger partial charge in [0.1, 0.15) is 12.4 Å². The minimum absolute atomic E-state index is 0.0700. The molecule has 2 atom stereocenters. The lowest BCUT2D eigenvalue weighted by Crippen LogP contribution is -2.43. The minimum atomic E-state index is -0.0946. The number of nitrogens with zero attached hydrogens (tertiary/aromatic N) is 2. The molecule has 0 spiro atoms. The van der Waals surface area contributed by atoms with Crippen molar-refractivity contribution >= 4 is 5.91 Å². The first-order chi connectivity index (χ1) is 14.8. The minimum Gasteiger partial charge on any atom is -0.491 e. The Kier molecular flexibility index (Phi) is 7.29. The quantitative estimate of drug-likeness (QED) is 0.719. The summed E-state index contributed by atoms with van der Waals surface area (Å²) >= 11 is 0. The second-order valence-electron chi connectivity index (χ2n) is 7.63. The summed E-state index contributed by atoms with van der Waals surface area (Å²) in [6.07, 6.45) is 5.95. The zero-order valence-electron chi connectivity index (χ0n) is 17.2. The average Bonchev–Trinajstić information content (AvgIpc) is 3.33. The highest BCUT2D eigenvalue weighted by Gasteiger charge is 2.23. The zero-order chi connectivity index (χ0) is 20.6. The third-order valence-electron chi connectivity index (χ3n) is 5.59. The van der Waals surface area contributed by atoms with Crippen LogP contribution >= 0.6 is 0 Å². The molecule has 1 aromatic heterocycles. The number of hydrogen-bond acceptors (Lipinski definition) is 6. The lowest BCUT2D eigenvalue weighted by Gasteiger charge is -2.34. The second-order valence-corrected chi connectivity index (χ2v) is 7.63. The van der Waals surface area contributed by atoms with Crippen LogP contribution in [0.5, 0.6) is 5.75 Å². The Morgan fingerprint density at radius 1 is 1.20 bits per heavy atom. The van der Waals surface area contributed by atoms with Gasteiger partial charge in [0, 0.05) is 44.2 Å². The lowest BCUT2D eigenvalue weighted by atomic mass is 10.1. The number of nitrogens with one attached hydrogen (secondary N) is 1. The Labute approximate surface area is 177 Å². The van der Waals surface area contributed by atoms with Crippen LogP contribution < -0.4 is 10.1 Å². The van der Waals surface area contributed by atoms with Crippen LogP contribution in [0.3, 0.4) is 0 Å². The van der Waals surface area contributed by atoms with Gasteiger partial charge < -0.3 is 19.5 Å². The number of carbonyl (C=O) groups is 1. The van der Waals surface area contributed by atoms with Crippen molar-refractivity contribution in [1.29, 1.82) is 0 Å². The summed E-state index contributed by atoms with van der Waals surface area (Å²) in [5.74, 6) is 0.659. The van der Waals surface area contributed by atoms with Gasteiger partial charge in [-0.05, 0) is 48.7 Å². The fraction of sp³-hybridized carbons (Fsp3) is 0.478. The molecule has 0 aliphatic carbocycles. The average molecular weight is 412 g/mol. The summed E-state index contributed by atoms with van der Waals surface area (Å²) in [7, 11) is 0. The topological polar surface area (TPSA) is 72.9 Å². The van der Waals surface area contributed by atoms with Crippen molar-refractivity contribution < 1.29 is 19.0 Å². The Balaban J connectivity index is 1.33. The number of aromatic nitrogens is 1. The first-order valence-electron chi connectivity index (χ1n) is 10.6. The van der Waals surface area contributed by atoms with Gasteiger partial charge in [-0.1, -0.05) is 6.07 Å². The number of benzene rings is 1. The fourth-order valence-electron chi connectivity index (χ4n) is 3.88. The molecular weight excluding hydrogens is 382 g/mol. The third kappa shape index (κ3) is 5.56. The maximum atomic E-state index is 12.7. The molecular formula is C23H29N3O4. The van der Waals surface area contributed by atoms with E-state index in [2.05, 4.69) is 21.3 Å². The normalized spacial score (nSPS) is 20.6. The van der Waals surface area contributed by atoms with Crippen LogP contribution in [0, 0.1) is 0 Å². The predicted molar refractivity (Wildman–Crippen MR) is 113 cm³/mol. The summed E-state index contributed by atoms with van der Waals surface area (Å²) in [6.45, 7) is 4.98. The van der Waals surface area contributed by atoms with Gasteiger partial charge in [0.05, 0.1) is 25.4 Å². The molecule has 2 fully saturated rings. The van der Waals surface area contributed by atoms with Crippen LogP contribution in [0.1, 0.15) is 34.8 Å². The summed E-state index contributed by atoms with van der Waals surface area (Å²) < 4.78 is 16.8. The van der Waals surface area contributed by atoms with Crippen molar-refractivity contribution in [3.8, 4) is 5.75 Å². The van der Waals surface area contributed by atoms with E-state index in [4.69, 9.17) is 14.2 Å². The fourth-order valence-corrected chi connectivity index (χ4v) is 3.88. The Hall–Kier alpha value is -2.48. The highest BCUT2D eigenvalue weighted by molar-refractivity contribution is 5.94. The predicted octanol–water partition coefficient (Wildman–Crippen LogP) is 2.44. The number of hydrogen-bond donors (Lipinski definition) is 1. The molecule has 2 aromatic rings. The van der Waals surface area contributed by atoms with Gasteiger partial charge in [-0.15, -0.1) is 0 Å². The Morgan fingerprint density at radius 2 is 2.03 bits per heavy atom. The van der Waals surface area contributed by atoms with Crippen molar-refractivity contribution in [1.82, 2.24) is 15.2 Å². The van der Waals surface area contributed by atoms with Crippen LogP contribution in [0.2, 0.25) is 0 Å². The van der Waals surface area contributed by atoms with E-state index in [0.29, 0.717) is 31.9 Å². The molecule has 1 amide bonds. The Bertz CT molecular complexity index is 788. The number of amides is 1. The van der Waals surface area contributed by atoms with Gasteiger partial charge in [-0.3, -0.25) is 14.7 Å². The van der Waals surface area contributed by atoms with Crippen LogP contribution in [-0.2, 0) is 9.47 Å². The van der Waals surface area contributed by atoms with Gasteiger partial charge in [0.25, 0.3) is 5.91 Å². The van der Waals surface area contributed by atoms with Crippen LogP contribution in [0.4, 0.5) is 0 Å². The van der Waals surface area contributed by atoms with Gasteiger partial charge >= 0.3 is 0 Å². The summed E-state index contributed by atoms with van der Waals surface area (Å²) in [5.41, 5.74) is 1.71. The van der Waals surface area contributed by atoms with Crippen LogP contribution in [-0.4, -0.2) is 68.0 Å². The molecule has 0 radical (unpaired) electrons. The molecule has 7 heteroatoms. The van der Waals surface area contributed by atoms with E-state index in [1.807, 2.05) is 24.4 Å². The molecule has 2 aliphatic heterocycles. The molecule has 30 heavy (non-hydrogen) atoms. The molecule has 1 N–H and O–H groups in total. The molecule has 1 aromatic carbocycles. The standard InChI is InChI=1S/C23H29N3O4/c27-23(18-5-7-20(8-6-18)30-17-21-4-2-12-29-21)25-16-22(19-3-1-9-24-15-19)26-10-13-28-14-11-26/h1,3,5-9,15,21-22H,2,4,10-14,16-17H2,(H,25,27)/t21-,22+/m1/s1. The molecule has 2 saturated heterocycles. The number of pyridine rings is 1. The molecule has 0 bridgehead atoms. The van der Waals surface area contributed by atoms with Crippen molar-refractivity contribution in [2.24, 2.45) is 0 Å². The summed E-state index contributed by atoms with van der Waals surface area (Å²) in [6, 6.07) is 11.3. The SMILES string of the molecule is O=C(NC[C@@H](c1cccnc1)N1CCOCC1)c1ccc(OC[C@H]2CCCO2)cc1. The van der Waals surface area contributed by atoms with E-state index in [1.54, 1.807) is 18.3 Å². The maximum Gasteiger partial charge on any atom is 0.251 e. The molecule has 3 heterocycles.